The molecule has 1 unspecified atom stereocenters. The van der Waals surface area contributed by atoms with Crippen LogP contribution in [-0.2, 0) is 59.2 Å². The van der Waals surface area contributed by atoms with Crippen molar-refractivity contribution < 1.29 is 52.7 Å². The van der Waals surface area contributed by atoms with Gasteiger partial charge in [0, 0.05) is 57.1 Å². The predicted molar refractivity (Wildman–Crippen MR) is 203 cm³/mol. The van der Waals surface area contributed by atoms with E-state index in [-0.39, 0.29) is 73.4 Å². The van der Waals surface area contributed by atoms with E-state index in [0.29, 0.717) is 38.0 Å². The Morgan fingerprint density at radius 1 is 1.04 bits per heavy atom. The molecule has 3 saturated heterocycles. The van der Waals surface area contributed by atoms with Gasteiger partial charge in [-0.05, 0) is 52.6 Å². The van der Waals surface area contributed by atoms with Crippen LogP contribution in [0.25, 0.3) is 0 Å². The molecule has 0 saturated carbocycles. The van der Waals surface area contributed by atoms with Crippen molar-refractivity contribution in [1.82, 2.24) is 25.3 Å². The maximum atomic E-state index is 12.5. The zero-order valence-corrected chi connectivity index (χ0v) is 32.9. The Bertz CT molecular complexity index is 1700. The number of Topliss-reactive ketones (excluding diaryl/α,β-unsaturated/α-hetero) is 2. The lowest BCUT2D eigenvalue weighted by Gasteiger charge is -2.28. The van der Waals surface area contributed by atoms with Gasteiger partial charge in [-0.3, -0.25) is 62.5 Å². The number of β-lactam (4-membered cyclic amide) rings is 1. The van der Waals surface area contributed by atoms with Gasteiger partial charge in [0.1, 0.15) is 6.54 Å². The summed E-state index contributed by atoms with van der Waals surface area (Å²) in [5.74, 6) is -3.65. The number of ketones is 2. The summed E-state index contributed by atoms with van der Waals surface area (Å²) < 4.78 is -1.08. The van der Waals surface area contributed by atoms with Crippen LogP contribution in [0, 0.1) is 0 Å². The molecule has 2 atom stereocenters. The Morgan fingerprint density at radius 2 is 1.71 bits per heavy atom. The number of carbonyl (C=O) groups excluding carboxylic acids is 11. The highest BCUT2D eigenvalue weighted by Crippen LogP contribution is 2.63. The third-order valence-corrected chi connectivity index (χ3v) is 12.3. The normalized spacial score (nSPS) is 17.1. The topological polar surface area (TPSA) is 260 Å². The third-order valence-electron chi connectivity index (χ3n) is 8.30. The number of thioether (sulfide) groups is 1. The van der Waals surface area contributed by atoms with Crippen molar-refractivity contribution in [2.75, 3.05) is 37.2 Å². The van der Waals surface area contributed by atoms with Gasteiger partial charge in [0.25, 0.3) is 0 Å². The molecule has 0 radical (unpaired) electrons. The van der Waals surface area contributed by atoms with Crippen LogP contribution < -0.4 is 21.7 Å². The molecule has 0 aliphatic carbocycles. The van der Waals surface area contributed by atoms with Gasteiger partial charge in [-0.25, -0.2) is 0 Å². The van der Waals surface area contributed by atoms with E-state index in [9.17, 15) is 52.7 Å². The fourth-order valence-corrected chi connectivity index (χ4v) is 8.16. The number of benzene rings is 1. The van der Waals surface area contributed by atoms with Crippen molar-refractivity contribution in [2.45, 2.75) is 74.8 Å². The van der Waals surface area contributed by atoms with E-state index in [1.54, 1.807) is 38.1 Å². The summed E-state index contributed by atoms with van der Waals surface area (Å²) in [4.78, 5) is 132. The molecular formula is C34H43N7O11S3. The quantitative estimate of drug-likeness (QED) is 0.0330. The number of likely N-dealkylation sites (tertiary alicyclic amines) is 2. The smallest absolute Gasteiger partial charge is 0.244 e. The number of anilines is 1. The van der Waals surface area contributed by atoms with E-state index in [0.717, 1.165) is 22.2 Å². The zero-order valence-electron chi connectivity index (χ0n) is 30.5. The molecule has 3 fully saturated rings. The van der Waals surface area contributed by atoms with E-state index >= 15 is 0 Å². The number of nitrogens with two attached hydrogens (primary N) is 1. The average Bonchev–Trinajstić information content (AvgIpc) is 3.86. The first-order chi connectivity index (χ1) is 26.0. The third kappa shape index (κ3) is 13.2. The van der Waals surface area contributed by atoms with E-state index in [1.165, 1.54) is 38.3 Å². The minimum absolute atomic E-state index is 0.0775. The Balaban J connectivity index is 0.000000322. The van der Waals surface area contributed by atoms with Crippen LogP contribution in [0.5, 0.6) is 0 Å². The van der Waals surface area contributed by atoms with E-state index < -0.39 is 45.4 Å². The molecule has 0 spiro atoms. The van der Waals surface area contributed by atoms with Gasteiger partial charge in [-0.2, -0.15) is 0 Å². The molecule has 3 aliphatic rings. The van der Waals surface area contributed by atoms with E-state index in [1.807, 2.05) is 0 Å². The van der Waals surface area contributed by atoms with Crippen molar-refractivity contribution in [1.29, 1.82) is 0 Å². The van der Waals surface area contributed by atoms with Gasteiger partial charge >= 0.3 is 0 Å². The number of hydrogen-bond acceptors (Lipinski definition) is 14. The molecule has 9 amide bonds. The van der Waals surface area contributed by atoms with Gasteiger partial charge in [0.05, 0.1) is 24.3 Å². The molecule has 0 bridgehead atoms. The highest BCUT2D eigenvalue weighted by Gasteiger charge is 2.53. The van der Waals surface area contributed by atoms with Crippen molar-refractivity contribution in [2.24, 2.45) is 5.73 Å². The van der Waals surface area contributed by atoms with Gasteiger partial charge < -0.3 is 26.6 Å². The predicted octanol–water partition coefficient (Wildman–Crippen LogP) is -0.265. The van der Waals surface area contributed by atoms with Crippen LogP contribution in [-0.4, -0.2) is 127 Å². The molecule has 55 heavy (non-hydrogen) atoms. The molecule has 4 rings (SSSR count). The summed E-state index contributed by atoms with van der Waals surface area (Å²) in [7, 11) is 2.38. The van der Waals surface area contributed by atoms with Crippen LogP contribution in [0.15, 0.2) is 24.3 Å². The number of nitrogens with one attached hydrogen (secondary N) is 3. The zero-order chi connectivity index (χ0) is 40.9. The van der Waals surface area contributed by atoms with Crippen molar-refractivity contribution in [3.63, 3.8) is 0 Å². The lowest BCUT2D eigenvalue weighted by molar-refractivity contribution is -0.152. The number of imide groups is 2. The molecule has 5 N–H and O–H groups in total. The molecule has 1 aromatic rings. The summed E-state index contributed by atoms with van der Waals surface area (Å²) in [6.45, 7) is 4.80. The maximum Gasteiger partial charge on any atom is 0.244 e. The first kappa shape index (κ1) is 44.6. The van der Waals surface area contributed by atoms with Crippen molar-refractivity contribution >= 4 is 104 Å². The number of rotatable bonds is 20. The van der Waals surface area contributed by atoms with Gasteiger partial charge in [0.2, 0.25) is 57.9 Å². The second-order valence-corrected chi connectivity index (χ2v) is 16.4. The fourth-order valence-electron chi connectivity index (χ4n) is 5.25. The van der Waals surface area contributed by atoms with Crippen LogP contribution in [0.2, 0.25) is 0 Å². The summed E-state index contributed by atoms with van der Waals surface area (Å²) in [6.07, 6.45) is 1.29. The lowest BCUT2D eigenvalue weighted by Crippen LogP contribution is -2.47. The number of amides is 9. The monoisotopic (exact) mass is 821 g/mol. The summed E-state index contributed by atoms with van der Waals surface area (Å²) >= 11 is 1.12. The van der Waals surface area contributed by atoms with Crippen LogP contribution in [0.3, 0.4) is 0 Å². The summed E-state index contributed by atoms with van der Waals surface area (Å²) in [5, 5.41) is 7.00. The maximum absolute atomic E-state index is 12.5. The molecule has 1 aromatic carbocycles. The Kier molecular flexibility index (Phi) is 16.9. The van der Waals surface area contributed by atoms with Crippen LogP contribution >= 0.6 is 33.3 Å². The standard InChI is InChI=1S/C21H24N4O6S2.C13H19N3O5S/c1-2-18(29)24(11-16(27)21(22-13-26)32-33-21)12-17(28)23-15-6-3-14(4-7-15)5-8-19(30)25-10-9-20(25)31;1-3-16-12(20)5-10(13(16)21)22-6-8(15-7(2)17)9(18)4-11(14)19/h3-4,6-7,13H,2,5,8-12H2,1H3,(H,22,26)(H,23,28);8,10H,3-6H2,1-2H3,(H2,14,19)(H,15,17)/t;8-,10?/m.0/s1. The van der Waals surface area contributed by atoms with Crippen LogP contribution in [0.1, 0.15) is 58.4 Å². The number of carbonyl (C=O) groups is 11. The second kappa shape index (κ2) is 20.8. The van der Waals surface area contributed by atoms with Gasteiger partial charge in [-0.1, -0.05) is 19.1 Å². The molecule has 21 heteroatoms. The van der Waals surface area contributed by atoms with E-state index in [2.05, 4.69) is 16.0 Å². The summed E-state index contributed by atoms with van der Waals surface area (Å²) in [6, 6.07) is 6.01. The molecule has 18 nitrogen and oxygen atoms in total. The SMILES string of the molecule is CCC(=O)N(CC(=O)Nc1ccc(CCC(=O)N2CCC2=O)cc1)CC(=O)C1(NC=O)SS1.CCN1C(=O)CC(SC[C@H](NC(C)=O)C(=O)CC(N)=O)C1=O. The number of primary amides is 1. The van der Waals surface area contributed by atoms with Crippen LogP contribution in [0.4, 0.5) is 5.69 Å². The first-order valence-electron chi connectivity index (χ1n) is 17.2. The van der Waals surface area contributed by atoms with Gasteiger partial charge in [0.15, 0.2) is 11.6 Å². The fraction of sp³-hybridized carbons (Fsp3) is 0.500. The highest BCUT2D eigenvalue weighted by atomic mass is 33.2. The Morgan fingerprint density at radius 3 is 2.20 bits per heavy atom. The average molecular weight is 822 g/mol. The minimum Gasteiger partial charge on any atom is -0.369 e. The Labute approximate surface area is 328 Å². The molecule has 0 aromatic heterocycles. The van der Waals surface area contributed by atoms with Crippen molar-refractivity contribution in [3.8, 4) is 0 Å². The second-order valence-electron chi connectivity index (χ2n) is 12.4. The van der Waals surface area contributed by atoms with E-state index in [4.69, 9.17) is 5.73 Å². The number of aryl methyl sites for hydroxylation is 1. The molecular weight excluding hydrogens is 779 g/mol. The number of nitrogens with zero attached hydrogens (tertiary/aromatic N) is 3. The largest absolute Gasteiger partial charge is 0.369 e. The lowest BCUT2D eigenvalue weighted by atomic mass is 10.1. The molecule has 3 aliphatic heterocycles. The molecule has 3 heterocycles. The van der Waals surface area contributed by atoms with Gasteiger partial charge in [-0.15, -0.1) is 11.8 Å². The highest BCUT2D eigenvalue weighted by molar-refractivity contribution is 8.94. The van der Waals surface area contributed by atoms with Crippen molar-refractivity contribution in [3.05, 3.63) is 29.8 Å². The summed E-state index contributed by atoms with van der Waals surface area (Å²) in [5.41, 5.74) is 6.37. The Hall–Kier alpha value is -4.76. The first-order valence-corrected chi connectivity index (χ1v) is 20.4. The molecule has 298 valence electrons. The number of hydrogen-bond donors (Lipinski definition) is 4. The minimum atomic E-state index is -1.08.